The lowest BCUT2D eigenvalue weighted by Gasteiger charge is -2.33. The molecule has 5 nitrogen and oxygen atoms in total. The van der Waals surface area contributed by atoms with Crippen molar-refractivity contribution in [2.75, 3.05) is 13.1 Å². The number of rotatable bonds is 4. The van der Waals surface area contributed by atoms with Crippen LogP contribution in [-0.4, -0.2) is 41.9 Å². The minimum atomic E-state index is -0.396. The van der Waals surface area contributed by atoms with Gasteiger partial charge in [0, 0.05) is 29.7 Å². The molecule has 24 heavy (non-hydrogen) atoms. The van der Waals surface area contributed by atoms with Crippen LogP contribution in [0, 0.1) is 5.92 Å². The fourth-order valence-corrected chi connectivity index (χ4v) is 4.17. The molecule has 6 heteroatoms. The lowest BCUT2D eigenvalue weighted by Crippen LogP contribution is -2.50. The summed E-state index contributed by atoms with van der Waals surface area (Å²) in [6.07, 6.45) is 5.12. The Morgan fingerprint density at radius 2 is 1.92 bits per heavy atom. The molecule has 3 atom stereocenters. The second-order valence-corrected chi connectivity index (χ2v) is 7.10. The predicted molar refractivity (Wildman–Crippen MR) is 93.8 cm³/mol. The van der Waals surface area contributed by atoms with Gasteiger partial charge in [-0.3, -0.25) is 9.59 Å². The van der Waals surface area contributed by atoms with Crippen molar-refractivity contribution in [3.05, 3.63) is 34.9 Å². The van der Waals surface area contributed by atoms with Gasteiger partial charge in [0.05, 0.1) is 0 Å². The molecule has 1 aliphatic carbocycles. The number of fused-ring (bicyclic) bond motifs is 1. The van der Waals surface area contributed by atoms with E-state index in [1.165, 1.54) is 6.42 Å². The van der Waals surface area contributed by atoms with Gasteiger partial charge < -0.3 is 16.0 Å². The Kier molecular flexibility index (Phi) is 5.41. The fraction of sp³-hybridized carbons (Fsp3) is 0.556. The van der Waals surface area contributed by atoms with Gasteiger partial charge in [0.15, 0.2) is 0 Å². The van der Waals surface area contributed by atoms with Crippen molar-refractivity contribution in [2.45, 2.75) is 44.2 Å². The number of nitrogens with zero attached hydrogens (tertiary/aromatic N) is 1. The molecule has 1 aliphatic heterocycles. The third kappa shape index (κ3) is 3.42. The van der Waals surface area contributed by atoms with Crippen LogP contribution in [0.4, 0.5) is 0 Å². The number of amides is 2. The van der Waals surface area contributed by atoms with Gasteiger partial charge in [-0.1, -0.05) is 24.4 Å². The molecule has 2 amide bonds. The Labute approximate surface area is 147 Å². The zero-order chi connectivity index (χ0) is 17.1. The number of carbonyl (C=O) groups is 2. The highest BCUT2D eigenvalue weighted by molar-refractivity contribution is 6.30. The number of nitrogens with two attached hydrogens (primary N) is 1. The molecule has 2 aliphatic rings. The molecule has 1 aromatic carbocycles. The zero-order valence-electron chi connectivity index (χ0n) is 13.7. The first-order valence-electron chi connectivity index (χ1n) is 8.68. The SMILES string of the molecule is NCCNC(=O)C1CC2CCCCC2N1C(=O)c1ccc(Cl)cc1. The van der Waals surface area contributed by atoms with Crippen LogP contribution < -0.4 is 11.1 Å². The molecule has 3 unspecified atom stereocenters. The first kappa shape index (κ1) is 17.2. The van der Waals surface area contributed by atoms with Crippen molar-refractivity contribution in [2.24, 2.45) is 11.7 Å². The quantitative estimate of drug-likeness (QED) is 0.874. The predicted octanol–water partition coefficient (Wildman–Crippen LogP) is 2.19. The van der Waals surface area contributed by atoms with Crippen molar-refractivity contribution in [3.63, 3.8) is 0 Å². The molecule has 1 saturated carbocycles. The average molecular weight is 350 g/mol. The second kappa shape index (κ2) is 7.53. The number of halogens is 1. The summed E-state index contributed by atoms with van der Waals surface area (Å²) in [5.74, 6) is 0.259. The third-order valence-corrected chi connectivity index (χ3v) is 5.41. The molecule has 0 aromatic heterocycles. The molecule has 3 rings (SSSR count). The van der Waals surface area contributed by atoms with Crippen LogP contribution in [0.3, 0.4) is 0 Å². The molecule has 1 heterocycles. The lowest BCUT2D eigenvalue weighted by molar-refractivity contribution is -0.125. The largest absolute Gasteiger partial charge is 0.353 e. The van der Waals surface area contributed by atoms with E-state index < -0.39 is 6.04 Å². The van der Waals surface area contributed by atoms with E-state index in [2.05, 4.69) is 5.32 Å². The molecule has 2 fully saturated rings. The summed E-state index contributed by atoms with van der Waals surface area (Å²) in [6, 6.07) is 6.66. The highest BCUT2D eigenvalue weighted by Gasteiger charge is 2.47. The average Bonchev–Trinajstić information content (AvgIpc) is 2.99. The van der Waals surface area contributed by atoms with Gasteiger partial charge in [-0.05, 0) is 49.4 Å². The summed E-state index contributed by atoms with van der Waals surface area (Å²) in [7, 11) is 0. The zero-order valence-corrected chi connectivity index (χ0v) is 14.5. The summed E-state index contributed by atoms with van der Waals surface area (Å²) in [5, 5.41) is 3.45. The molecule has 1 saturated heterocycles. The van der Waals surface area contributed by atoms with Gasteiger partial charge in [-0.2, -0.15) is 0 Å². The summed E-state index contributed by atoms with van der Waals surface area (Å²) in [6.45, 7) is 0.837. The van der Waals surface area contributed by atoms with Crippen molar-refractivity contribution in [3.8, 4) is 0 Å². The van der Waals surface area contributed by atoms with Crippen LogP contribution in [0.1, 0.15) is 42.5 Å². The van der Waals surface area contributed by atoms with Gasteiger partial charge in [0.2, 0.25) is 5.91 Å². The highest BCUT2D eigenvalue weighted by atomic mass is 35.5. The fourth-order valence-electron chi connectivity index (χ4n) is 4.04. The summed E-state index contributed by atoms with van der Waals surface area (Å²) in [4.78, 5) is 27.5. The van der Waals surface area contributed by atoms with Crippen LogP contribution in [-0.2, 0) is 4.79 Å². The maximum Gasteiger partial charge on any atom is 0.254 e. The van der Waals surface area contributed by atoms with Crippen LogP contribution >= 0.6 is 11.6 Å². The Morgan fingerprint density at radius 3 is 2.62 bits per heavy atom. The summed E-state index contributed by atoms with van der Waals surface area (Å²) < 4.78 is 0. The van der Waals surface area contributed by atoms with Crippen LogP contribution in [0.2, 0.25) is 5.02 Å². The van der Waals surface area contributed by atoms with E-state index in [4.69, 9.17) is 17.3 Å². The Bertz CT molecular complexity index is 605. The molecular formula is C18H24ClN3O2. The van der Waals surface area contributed by atoms with Gasteiger partial charge in [0.1, 0.15) is 6.04 Å². The van der Waals surface area contributed by atoms with Gasteiger partial charge in [-0.15, -0.1) is 0 Å². The van der Waals surface area contributed by atoms with E-state index >= 15 is 0 Å². The van der Waals surface area contributed by atoms with Crippen LogP contribution in [0.5, 0.6) is 0 Å². The van der Waals surface area contributed by atoms with Gasteiger partial charge in [0.25, 0.3) is 5.91 Å². The van der Waals surface area contributed by atoms with Crippen molar-refractivity contribution < 1.29 is 9.59 Å². The van der Waals surface area contributed by atoms with E-state index in [9.17, 15) is 9.59 Å². The lowest BCUT2D eigenvalue weighted by atomic mass is 9.84. The maximum atomic E-state index is 13.1. The summed E-state index contributed by atoms with van der Waals surface area (Å²) >= 11 is 5.92. The monoisotopic (exact) mass is 349 g/mol. The van der Waals surface area contributed by atoms with Crippen LogP contribution in [0.15, 0.2) is 24.3 Å². The molecule has 0 spiro atoms. The Morgan fingerprint density at radius 1 is 1.21 bits per heavy atom. The Hall–Kier alpha value is -1.59. The molecule has 0 bridgehead atoms. The normalized spacial score (nSPS) is 26.1. The second-order valence-electron chi connectivity index (χ2n) is 6.66. The smallest absolute Gasteiger partial charge is 0.254 e. The minimum absolute atomic E-state index is 0.0750. The number of nitrogens with one attached hydrogen (secondary N) is 1. The first-order valence-corrected chi connectivity index (χ1v) is 9.05. The number of carbonyl (C=O) groups excluding carboxylic acids is 2. The van der Waals surface area contributed by atoms with Crippen LogP contribution in [0.25, 0.3) is 0 Å². The molecule has 1 aromatic rings. The van der Waals surface area contributed by atoms with E-state index in [1.807, 2.05) is 4.90 Å². The van der Waals surface area contributed by atoms with Crippen molar-refractivity contribution in [1.29, 1.82) is 0 Å². The molecular weight excluding hydrogens is 326 g/mol. The van der Waals surface area contributed by atoms with Gasteiger partial charge >= 0.3 is 0 Å². The molecule has 0 radical (unpaired) electrons. The molecule has 3 N–H and O–H groups in total. The number of likely N-dealkylation sites (tertiary alicyclic amines) is 1. The van der Waals surface area contributed by atoms with E-state index in [0.717, 1.165) is 25.7 Å². The third-order valence-electron chi connectivity index (χ3n) is 5.16. The number of hydrogen-bond acceptors (Lipinski definition) is 3. The summed E-state index contributed by atoms with van der Waals surface area (Å²) in [5.41, 5.74) is 6.07. The van der Waals surface area contributed by atoms with Crippen molar-refractivity contribution >= 4 is 23.4 Å². The Balaban J connectivity index is 1.85. The van der Waals surface area contributed by atoms with E-state index in [1.54, 1.807) is 24.3 Å². The highest BCUT2D eigenvalue weighted by Crippen LogP contribution is 2.40. The number of hydrogen-bond donors (Lipinski definition) is 2. The maximum absolute atomic E-state index is 13.1. The first-order chi connectivity index (χ1) is 11.6. The number of benzene rings is 1. The topological polar surface area (TPSA) is 75.4 Å². The molecule has 130 valence electrons. The minimum Gasteiger partial charge on any atom is -0.353 e. The van der Waals surface area contributed by atoms with E-state index in [-0.39, 0.29) is 17.9 Å². The van der Waals surface area contributed by atoms with E-state index in [0.29, 0.717) is 29.6 Å². The van der Waals surface area contributed by atoms with Crippen molar-refractivity contribution in [1.82, 2.24) is 10.2 Å². The standard InChI is InChI=1S/C18H24ClN3O2/c19-14-7-5-12(6-8-14)18(24)22-15-4-2-1-3-13(15)11-16(22)17(23)21-10-9-20/h5-8,13,15-16H,1-4,9-11,20H2,(H,21,23). The van der Waals surface area contributed by atoms with Gasteiger partial charge in [-0.25, -0.2) is 0 Å².